The van der Waals surface area contributed by atoms with E-state index in [0.29, 0.717) is 5.92 Å². The second kappa shape index (κ2) is 8.70. The van der Waals surface area contributed by atoms with E-state index in [1.807, 2.05) is 12.1 Å². The monoisotopic (exact) mass is 413 g/mol. The summed E-state index contributed by atoms with van der Waals surface area (Å²) in [5.41, 5.74) is 3.78. The maximum absolute atomic E-state index is 5.62. The molecule has 0 spiro atoms. The Hall–Kier alpha value is -1.50. The highest BCUT2D eigenvalue weighted by Gasteiger charge is 2.32. The summed E-state index contributed by atoms with van der Waals surface area (Å²) in [6.45, 7) is 4.95. The predicted molar refractivity (Wildman–Crippen MR) is 118 cm³/mol. The average Bonchev–Trinajstić information content (AvgIpc) is 3.19. The van der Waals surface area contributed by atoms with Crippen LogP contribution in [-0.4, -0.2) is 58.9 Å². The molecular formula is C23H31N3O2S. The van der Waals surface area contributed by atoms with Crippen molar-refractivity contribution in [2.24, 2.45) is 0 Å². The van der Waals surface area contributed by atoms with Gasteiger partial charge in [-0.3, -0.25) is 4.90 Å². The van der Waals surface area contributed by atoms with Crippen molar-refractivity contribution < 1.29 is 9.47 Å². The minimum Gasteiger partial charge on any atom is -0.497 e. The number of fused-ring (bicyclic) bond motifs is 1. The molecule has 0 aliphatic carbocycles. The minimum absolute atomic E-state index is 0.520. The Morgan fingerprint density at radius 1 is 1.03 bits per heavy atom. The second-order valence-corrected chi connectivity index (χ2v) is 9.57. The van der Waals surface area contributed by atoms with Crippen molar-refractivity contribution in [3.8, 4) is 17.0 Å². The summed E-state index contributed by atoms with van der Waals surface area (Å²) in [5.74, 6) is 5.31. The molecule has 6 heteroatoms. The summed E-state index contributed by atoms with van der Waals surface area (Å²) in [4.78, 5) is 7.98. The highest BCUT2D eigenvalue weighted by atomic mass is 32.2. The summed E-state index contributed by atoms with van der Waals surface area (Å²) in [6.07, 6.45) is 4.82. The molecule has 5 rings (SSSR count). The lowest BCUT2D eigenvalue weighted by molar-refractivity contribution is 0.0815. The Balaban J connectivity index is 1.50. The fourth-order valence-electron chi connectivity index (χ4n) is 5.02. The largest absolute Gasteiger partial charge is 0.497 e. The number of aromatic nitrogens is 2. The number of nitrogens with zero attached hydrogens (tertiary/aromatic N) is 3. The SMILES string of the molecule is COc1ccc(-c2nc(C3CCOCC3)n3c2CN(C2CCSCC2)CC3)cc1. The van der Waals surface area contributed by atoms with Crippen LogP contribution in [0.15, 0.2) is 24.3 Å². The zero-order chi connectivity index (χ0) is 19.6. The third-order valence-electron chi connectivity index (χ3n) is 6.72. The lowest BCUT2D eigenvalue weighted by atomic mass is 9.99. The van der Waals surface area contributed by atoms with Gasteiger partial charge in [-0.05, 0) is 61.5 Å². The van der Waals surface area contributed by atoms with Crippen molar-refractivity contribution in [2.45, 2.75) is 50.7 Å². The first-order valence-electron chi connectivity index (χ1n) is 11.0. The van der Waals surface area contributed by atoms with E-state index in [9.17, 15) is 0 Å². The van der Waals surface area contributed by atoms with Crippen LogP contribution in [0.2, 0.25) is 0 Å². The van der Waals surface area contributed by atoms with Crippen molar-refractivity contribution in [1.82, 2.24) is 14.5 Å². The molecule has 29 heavy (non-hydrogen) atoms. The first-order valence-corrected chi connectivity index (χ1v) is 12.1. The molecule has 1 aromatic heterocycles. The zero-order valence-corrected chi connectivity index (χ0v) is 18.1. The molecule has 0 atom stereocenters. The number of hydrogen-bond acceptors (Lipinski definition) is 5. The van der Waals surface area contributed by atoms with Gasteiger partial charge >= 0.3 is 0 Å². The highest BCUT2D eigenvalue weighted by molar-refractivity contribution is 7.99. The van der Waals surface area contributed by atoms with Gasteiger partial charge in [-0.25, -0.2) is 4.98 Å². The molecule has 0 unspecified atom stereocenters. The van der Waals surface area contributed by atoms with Gasteiger partial charge in [0.15, 0.2) is 0 Å². The van der Waals surface area contributed by atoms with Gasteiger partial charge in [0.05, 0.1) is 18.5 Å². The summed E-state index contributed by atoms with van der Waals surface area (Å²) in [7, 11) is 1.72. The smallest absolute Gasteiger partial charge is 0.118 e. The van der Waals surface area contributed by atoms with Gasteiger partial charge in [0.2, 0.25) is 0 Å². The molecule has 0 bridgehead atoms. The van der Waals surface area contributed by atoms with Gasteiger partial charge in [-0.15, -0.1) is 0 Å². The summed E-state index contributed by atoms with van der Waals surface area (Å²) >= 11 is 2.11. The first-order chi connectivity index (χ1) is 14.3. The van der Waals surface area contributed by atoms with Gasteiger partial charge < -0.3 is 14.0 Å². The van der Waals surface area contributed by atoms with E-state index in [4.69, 9.17) is 14.5 Å². The molecule has 1 aromatic carbocycles. The van der Waals surface area contributed by atoms with Crippen LogP contribution in [0.4, 0.5) is 0 Å². The van der Waals surface area contributed by atoms with Gasteiger partial charge in [0.25, 0.3) is 0 Å². The van der Waals surface area contributed by atoms with Crippen molar-refractivity contribution in [1.29, 1.82) is 0 Å². The summed E-state index contributed by atoms with van der Waals surface area (Å²) in [5, 5.41) is 0. The maximum Gasteiger partial charge on any atom is 0.118 e. The number of hydrogen-bond donors (Lipinski definition) is 0. The number of rotatable bonds is 4. The van der Waals surface area contributed by atoms with Crippen LogP contribution in [0.5, 0.6) is 5.75 Å². The Morgan fingerprint density at radius 3 is 2.52 bits per heavy atom. The molecule has 0 amide bonds. The number of imidazole rings is 1. The molecule has 2 saturated heterocycles. The predicted octanol–water partition coefficient (Wildman–Crippen LogP) is 4.16. The van der Waals surface area contributed by atoms with Crippen molar-refractivity contribution >= 4 is 11.8 Å². The molecule has 5 nitrogen and oxygen atoms in total. The molecule has 2 fully saturated rings. The van der Waals surface area contributed by atoms with Crippen LogP contribution in [0.1, 0.15) is 43.1 Å². The molecular weight excluding hydrogens is 382 g/mol. The summed E-state index contributed by atoms with van der Waals surface area (Å²) in [6, 6.07) is 9.15. The first kappa shape index (κ1) is 19.5. The number of methoxy groups -OCH3 is 1. The quantitative estimate of drug-likeness (QED) is 0.753. The van der Waals surface area contributed by atoms with Crippen LogP contribution >= 0.6 is 11.8 Å². The van der Waals surface area contributed by atoms with Crippen molar-refractivity contribution in [3.05, 3.63) is 35.8 Å². The minimum atomic E-state index is 0.520. The third kappa shape index (κ3) is 3.94. The van der Waals surface area contributed by atoms with Gasteiger partial charge in [0.1, 0.15) is 11.6 Å². The van der Waals surface area contributed by atoms with Gasteiger partial charge in [-0.2, -0.15) is 11.8 Å². The average molecular weight is 414 g/mol. The zero-order valence-electron chi connectivity index (χ0n) is 17.3. The van der Waals surface area contributed by atoms with E-state index in [2.05, 4.69) is 33.4 Å². The molecule has 2 aromatic rings. The molecule has 0 radical (unpaired) electrons. The van der Waals surface area contributed by atoms with Crippen molar-refractivity contribution in [2.75, 3.05) is 38.4 Å². The fraction of sp³-hybridized carbons (Fsp3) is 0.609. The van der Waals surface area contributed by atoms with Gasteiger partial charge in [0, 0.05) is 50.4 Å². The lowest BCUT2D eigenvalue weighted by Gasteiger charge is -2.38. The van der Waals surface area contributed by atoms with Crippen LogP contribution in [0.3, 0.4) is 0 Å². The van der Waals surface area contributed by atoms with E-state index in [-0.39, 0.29) is 0 Å². The van der Waals surface area contributed by atoms with E-state index >= 15 is 0 Å². The molecule has 4 heterocycles. The Morgan fingerprint density at radius 2 is 1.79 bits per heavy atom. The molecule has 3 aliphatic rings. The fourth-order valence-corrected chi connectivity index (χ4v) is 6.11. The van der Waals surface area contributed by atoms with E-state index in [1.165, 1.54) is 47.1 Å². The lowest BCUT2D eigenvalue weighted by Crippen LogP contribution is -2.43. The molecule has 156 valence electrons. The van der Waals surface area contributed by atoms with Crippen molar-refractivity contribution in [3.63, 3.8) is 0 Å². The van der Waals surface area contributed by atoms with Crippen LogP contribution in [0.25, 0.3) is 11.3 Å². The summed E-state index contributed by atoms with van der Waals surface area (Å²) < 4.78 is 13.5. The third-order valence-corrected chi connectivity index (χ3v) is 7.77. The highest BCUT2D eigenvalue weighted by Crippen LogP contribution is 2.36. The standard InChI is InChI=1S/C23H31N3O2S/c1-27-20-4-2-17(3-5-20)22-21-16-25(19-8-14-29-15-9-19)10-11-26(21)23(24-22)18-6-12-28-13-7-18/h2-5,18-19H,6-16H2,1H3. The molecule has 0 saturated carbocycles. The van der Waals surface area contributed by atoms with E-state index in [1.54, 1.807) is 7.11 Å². The Kier molecular flexibility index (Phi) is 5.84. The van der Waals surface area contributed by atoms with Gasteiger partial charge in [-0.1, -0.05) is 0 Å². The Labute approximate surface area is 177 Å². The second-order valence-electron chi connectivity index (χ2n) is 8.35. The van der Waals surface area contributed by atoms with E-state index < -0.39 is 0 Å². The number of benzene rings is 1. The molecule has 0 N–H and O–H groups in total. The maximum atomic E-state index is 5.62. The van der Waals surface area contributed by atoms with Crippen LogP contribution < -0.4 is 4.74 Å². The number of thioether (sulfide) groups is 1. The van der Waals surface area contributed by atoms with E-state index in [0.717, 1.165) is 57.5 Å². The normalized spacial score (nSPS) is 21.8. The number of ether oxygens (including phenoxy) is 2. The Bertz CT molecular complexity index is 823. The van der Waals surface area contributed by atoms with Crippen LogP contribution in [-0.2, 0) is 17.8 Å². The van der Waals surface area contributed by atoms with Crippen LogP contribution in [0, 0.1) is 0 Å². The topological polar surface area (TPSA) is 39.5 Å². The molecule has 3 aliphatic heterocycles.